The topological polar surface area (TPSA) is 24.9 Å². The number of aromatic nitrogens is 1. The van der Waals surface area contributed by atoms with Crippen LogP contribution in [0.25, 0.3) is 0 Å². The summed E-state index contributed by atoms with van der Waals surface area (Å²) in [7, 11) is 0. The first kappa shape index (κ1) is 9.99. The number of nitrogens with zero attached hydrogens (tertiary/aromatic N) is 1. The third-order valence-electron chi connectivity index (χ3n) is 2.55. The summed E-state index contributed by atoms with van der Waals surface area (Å²) >= 11 is 2.04. The third kappa shape index (κ3) is 2.49. The summed E-state index contributed by atoms with van der Waals surface area (Å²) in [6, 6.07) is 7.14. The van der Waals surface area contributed by atoms with E-state index in [-0.39, 0.29) is 0 Å². The molecule has 0 aromatic carbocycles. The van der Waals surface area contributed by atoms with Gasteiger partial charge >= 0.3 is 0 Å². The molecule has 1 unspecified atom stereocenters. The Labute approximate surface area is 89.5 Å². The van der Waals surface area contributed by atoms with E-state index in [0.29, 0.717) is 12.1 Å². The Bertz CT molecular complexity index is 270. The van der Waals surface area contributed by atoms with Gasteiger partial charge in [-0.1, -0.05) is 6.07 Å². The summed E-state index contributed by atoms with van der Waals surface area (Å²) in [5, 5.41) is 3.61. The Morgan fingerprint density at radius 3 is 3.14 bits per heavy atom. The van der Waals surface area contributed by atoms with Gasteiger partial charge in [-0.15, -0.1) is 0 Å². The number of thioether (sulfide) groups is 1. The molecule has 2 atom stereocenters. The summed E-state index contributed by atoms with van der Waals surface area (Å²) in [5.74, 6) is 2.55. The first-order valence-electron chi connectivity index (χ1n) is 5.11. The molecule has 1 aromatic heterocycles. The van der Waals surface area contributed by atoms with Crippen LogP contribution < -0.4 is 5.32 Å². The molecule has 1 aromatic rings. The van der Waals surface area contributed by atoms with Crippen LogP contribution in [0, 0.1) is 0 Å². The zero-order valence-electron chi connectivity index (χ0n) is 8.44. The number of nitrogens with one attached hydrogen (secondary N) is 1. The number of hydrogen-bond acceptors (Lipinski definition) is 3. The zero-order chi connectivity index (χ0) is 9.80. The molecule has 76 valence electrons. The minimum absolute atomic E-state index is 0.375. The van der Waals surface area contributed by atoms with Gasteiger partial charge in [0.15, 0.2) is 0 Å². The van der Waals surface area contributed by atoms with Crippen LogP contribution in [-0.2, 0) is 0 Å². The van der Waals surface area contributed by atoms with Crippen molar-refractivity contribution in [1.29, 1.82) is 0 Å². The molecule has 0 bridgehead atoms. The van der Waals surface area contributed by atoms with Crippen molar-refractivity contribution in [2.75, 3.05) is 11.5 Å². The Morgan fingerprint density at radius 1 is 1.57 bits per heavy atom. The molecule has 0 radical (unpaired) electrons. The molecule has 1 aliphatic rings. The molecule has 14 heavy (non-hydrogen) atoms. The second-order valence-corrected chi connectivity index (χ2v) is 4.85. The largest absolute Gasteiger partial charge is 0.305 e. The summed E-state index contributed by atoms with van der Waals surface area (Å²) in [6.45, 7) is 2.19. The predicted molar refractivity (Wildman–Crippen MR) is 61.5 cm³/mol. The van der Waals surface area contributed by atoms with Gasteiger partial charge < -0.3 is 5.32 Å². The smallest absolute Gasteiger partial charge is 0.0570 e. The lowest BCUT2D eigenvalue weighted by atomic mass is 10.1. The average molecular weight is 208 g/mol. The van der Waals surface area contributed by atoms with E-state index in [2.05, 4.69) is 23.3 Å². The van der Waals surface area contributed by atoms with Gasteiger partial charge in [0.1, 0.15) is 0 Å². The van der Waals surface area contributed by atoms with Crippen LogP contribution in [0.3, 0.4) is 0 Å². The second-order valence-electron chi connectivity index (χ2n) is 3.70. The van der Waals surface area contributed by atoms with E-state index in [9.17, 15) is 0 Å². The normalized spacial score (nSPS) is 23.6. The van der Waals surface area contributed by atoms with Crippen LogP contribution in [0.2, 0.25) is 0 Å². The molecular weight excluding hydrogens is 192 g/mol. The predicted octanol–water partition coefficient (Wildman–Crippen LogP) is 2.24. The molecule has 0 spiro atoms. The average Bonchev–Trinajstić information content (AvgIpc) is 2.72. The maximum absolute atomic E-state index is 4.35. The van der Waals surface area contributed by atoms with Gasteiger partial charge in [0.25, 0.3) is 0 Å². The van der Waals surface area contributed by atoms with Crippen molar-refractivity contribution in [3.63, 3.8) is 0 Å². The van der Waals surface area contributed by atoms with E-state index in [0.717, 1.165) is 5.69 Å². The van der Waals surface area contributed by atoms with E-state index in [1.807, 2.05) is 30.1 Å². The molecule has 0 saturated carbocycles. The SMILES string of the molecule is C[C@@H](NC1CCSC1)c1ccccn1. The standard InChI is InChI=1S/C11H16N2S/c1-9(11-4-2-3-6-12-11)13-10-5-7-14-8-10/h2-4,6,9-10,13H,5,7-8H2,1H3/t9-,10?/m1/s1. The van der Waals surface area contributed by atoms with Crippen LogP contribution in [0.5, 0.6) is 0 Å². The molecule has 1 saturated heterocycles. The van der Waals surface area contributed by atoms with Crippen molar-refractivity contribution in [3.8, 4) is 0 Å². The minimum Gasteiger partial charge on any atom is -0.305 e. The highest BCUT2D eigenvalue weighted by atomic mass is 32.2. The summed E-state index contributed by atoms with van der Waals surface area (Å²) in [5.41, 5.74) is 1.14. The van der Waals surface area contributed by atoms with Crippen molar-refractivity contribution in [3.05, 3.63) is 30.1 Å². The van der Waals surface area contributed by atoms with Crippen molar-refractivity contribution in [2.45, 2.75) is 25.4 Å². The fourth-order valence-corrected chi connectivity index (χ4v) is 2.90. The molecular formula is C11H16N2S. The third-order valence-corrected chi connectivity index (χ3v) is 3.71. The quantitative estimate of drug-likeness (QED) is 0.824. The van der Waals surface area contributed by atoms with E-state index in [1.165, 1.54) is 17.9 Å². The number of hydrogen-bond donors (Lipinski definition) is 1. The molecule has 1 fully saturated rings. The van der Waals surface area contributed by atoms with Gasteiger partial charge in [-0.2, -0.15) is 11.8 Å². The summed E-state index contributed by atoms with van der Waals surface area (Å²) in [6.07, 6.45) is 3.15. The summed E-state index contributed by atoms with van der Waals surface area (Å²) in [4.78, 5) is 4.35. The van der Waals surface area contributed by atoms with Gasteiger partial charge in [0.2, 0.25) is 0 Å². The number of rotatable bonds is 3. The van der Waals surface area contributed by atoms with E-state index in [4.69, 9.17) is 0 Å². The number of pyridine rings is 1. The Kier molecular flexibility index (Phi) is 3.43. The Morgan fingerprint density at radius 2 is 2.50 bits per heavy atom. The zero-order valence-corrected chi connectivity index (χ0v) is 9.26. The van der Waals surface area contributed by atoms with Crippen LogP contribution in [-0.4, -0.2) is 22.5 Å². The van der Waals surface area contributed by atoms with Crippen molar-refractivity contribution >= 4 is 11.8 Å². The van der Waals surface area contributed by atoms with E-state index < -0.39 is 0 Å². The molecule has 2 heterocycles. The first-order chi connectivity index (χ1) is 6.86. The monoisotopic (exact) mass is 208 g/mol. The van der Waals surface area contributed by atoms with Crippen molar-refractivity contribution < 1.29 is 0 Å². The van der Waals surface area contributed by atoms with Crippen molar-refractivity contribution in [2.24, 2.45) is 0 Å². The highest BCUT2D eigenvalue weighted by molar-refractivity contribution is 7.99. The molecule has 2 nitrogen and oxygen atoms in total. The molecule has 1 aliphatic heterocycles. The maximum atomic E-state index is 4.35. The van der Waals surface area contributed by atoms with Crippen LogP contribution in [0.4, 0.5) is 0 Å². The van der Waals surface area contributed by atoms with Crippen LogP contribution in [0.1, 0.15) is 25.1 Å². The molecule has 0 amide bonds. The van der Waals surface area contributed by atoms with Crippen LogP contribution in [0.15, 0.2) is 24.4 Å². The lowest BCUT2D eigenvalue weighted by Crippen LogP contribution is -2.31. The maximum Gasteiger partial charge on any atom is 0.0570 e. The van der Waals surface area contributed by atoms with Gasteiger partial charge in [0, 0.05) is 24.0 Å². The van der Waals surface area contributed by atoms with E-state index in [1.54, 1.807) is 0 Å². The first-order valence-corrected chi connectivity index (χ1v) is 6.26. The highest BCUT2D eigenvalue weighted by Gasteiger charge is 2.18. The van der Waals surface area contributed by atoms with E-state index >= 15 is 0 Å². The van der Waals surface area contributed by atoms with Gasteiger partial charge in [-0.3, -0.25) is 4.98 Å². The highest BCUT2D eigenvalue weighted by Crippen LogP contribution is 2.20. The molecule has 1 N–H and O–H groups in total. The Balaban J connectivity index is 1.92. The second kappa shape index (κ2) is 4.80. The lowest BCUT2D eigenvalue weighted by Gasteiger charge is -2.17. The fraction of sp³-hybridized carbons (Fsp3) is 0.545. The molecule has 3 heteroatoms. The van der Waals surface area contributed by atoms with Gasteiger partial charge in [0.05, 0.1) is 5.69 Å². The fourth-order valence-electron chi connectivity index (χ4n) is 1.74. The minimum atomic E-state index is 0.375. The lowest BCUT2D eigenvalue weighted by molar-refractivity contribution is 0.478. The van der Waals surface area contributed by atoms with Crippen molar-refractivity contribution in [1.82, 2.24) is 10.3 Å². The van der Waals surface area contributed by atoms with Crippen LogP contribution >= 0.6 is 11.8 Å². The summed E-state index contributed by atoms with van der Waals surface area (Å²) < 4.78 is 0. The van der Waals surface area contributed by atoms with Gasteiger partial charge in [-0.25, -0.2) is 0 Å². The van der Waals surface area contributed by atoms with Gasteiger partial charge in [-0.05, 0) is 31.2 Å². The molecule has 0 aliphatic carbocycles. The molecule has 2 rings (SSSR count). The Hall–Kier alpha value is -0.540.